The number of nitrogens with zero attached hydrogens (tertiary/aromatic N) is 2. The van der Waals surface area contributed by atoms with Crippen molar-refractivity contribution in [2.75, 3.05) is 24.5 Å². The molecule has 41 heavy (non-hydrogen) atoms. The second-order valence-electron chi connectivity index (χ2n) is 9.50. The van der Waals surface area contributed by atoms with Crippen LogP contribution in [0.2, 0.25) is 10.0 Å². The molecule has 0 fully saturated rings. The number of rotatable bonds is 13. The van der Waals surface area contributed by atoms with Gasteiger partial charge in [-0.15, -0.1) is 0 Å². The Balaban J connectivity index is 2.09. The van der Waals surface area contributed by atoms with Crippen LogP contribution in [-0.4, -0.2) is 51.4 Å². The minimum Gasteiger partial charge on any atom is -0.497 e. The van der Waals surface area contributed by atoms with E-state index in [1.165, 1.54) is 24.1 Å². The minimum atomic E-state index is -4.19. The van der Waals surface area contributed by atoms with Gasteiger partial charge >= 0.3 is 0 Å². The summed E-state index contributed by atoms with van der Waals surface area (Å²) in [5.74, 6) is -0.482. The Hall–Kier alpha value is -3.27. The normalized spacial score (nSPS) is 12.0. The molecule has 2 amide bonds. The highest BCUT2D eigenvalue weighted by Crippen LogP contribution is 2.29. The lowest BCUT2D eigenvalue weighted by molar-refractivity contribution is -0.140. The zero-order chi connectivity index (χ0) is 30.2. The zero-order valence-electron chi connectivity index (χ0n) is 23.6. The van der Waals surface area contributed by atoms with E-state index in [-0.39, 0.29) is 23.0 Å². The lowest BCUT2D eigenvalue weighted by Gasteiger charge is -2.33. The summed E-state index contributed by atoms with van der Waals surface area (Å²) in [6, 6.07) is 16.9. The van der Waals surface area contributed by atoms with Crippen molar-refractivity contribution in [3.8, 4) is 5.75 Å². The number of halogens is 2. The number of carbonyl (C=O) groups excluding carboxylic acids is 2. The number of ether oxygens (including phenoxy) is 1. The van der Waals surface area contributed by atoms with Crippen molar-refractivity contribution < 1.29 is 22.7 Å². The van der Waals surface area contributed by atoms with Gasteiger partial charge in [-0.2, -0.15) is 0 Å². The Morgan fingerprint density at radius 2 is 1.71 bits per heavy atom. The van der Waals surface area contributed by atoms with E-state index in [0.29, 0.717) is 34.3 Å². The zero-order valence-corrected chi connectivity index (χ0v) is 25.9. The molecule has 11 heteroatoms. The highest BCUT2D eigenvalue weighted by Gasteiger charge is 2.34. The summed E-state index contributed by atoms with van der Waals surface area (Å²) in [6.45, 7) is 5.43. The maximum absolute atomic E-state index is 14.1. The van der Waals surface area contributed by atoms with E-state index in [9.17, 15) is 18.0 Å². The lowest BCUT2D eigenvalue weighted by Crippen LogP contribution is -2.52. The van der Waals surface area contributed by atoms with Crippen molar-refractivity contribution in [1.29, 1.82) is 0 Å². The molecule has 3 aromatic rings. The summed E-state index contributed by atoms with van der Waals surface area (Å²) in [7, 11) is -2.72. The van der Waals surface area contributed by atoms with Crippen molar-refractivity contribution in [1.82, 2.24) is 10.2 Å². The minimum absolute atomic E-state index is 0.0244. The van der Waals surface area contributed by atoms with E-state index in [4.69, 9.17) is 27.9 Å². The number of anilines is 1. The molecule has 0 heterocycles. The van der Waals surface area contributed by atoms with Crippen LogP contribution in [0.15, 0.2) is 71.6 Å². The maximum atomic E-state index is 14.1. The van der Waals surface area contributed by atoms with E-state index in [1.807, 2.05) is 13.8 Å². The van der Waals surface area contributed by atoms with Crippen LogP contribution in [0, 0.1) is 6.92 Å². The number of benzene rings is 3. The van der Waals surface area contributed by atoms with Crippen LogP contribution in [0.1, 0.15) is 37.8 Å². The SMILES string of the molecule is CCCNC(=O)[C@@H](CC)N(Cc1ccc(Cl)cc1Cl)C(=O)CN(c1cccc(OC)c1)S(=O)(=O)c1ccc(C)cc1. The average Bonchev–Trinajstić information content (AvgIpc) is 2.95. The molecular weight excluding hydrogens is 585 g/mol. The highest BCUT2D eigenvalue weighted by atomic mass is 35.5. The van der Waals surface area contributed by atoms with E-state index in [2.05, 4.69) is 5.32 Å². The predicted octanol–water partition coefficient (Wildman–Crippen LogP) is 5.84. The summed E-state index contributed by atoms with van der Waals surface area (Å²) in [6.07, 6.45) is 1.02. The lowest BCUT2D eigenvalue weighted by atomic mass is 10.1. The molecule has 0 aliphatic rings. The first kappa shape index (κ1) is 32.2. The topological polar surface area (TPSA) is 96.0 Å². The Bertz CT molecular complexity index is 1470. The Labute approximate surface area is 252 Å². The van der Waals surface area contributed by atoms with Gasteiger partial charge in [0.15, 0.2) is 0 Å². The molecule has 0 bridgehead atoms. The summed E-state index contributed by atoms with van der Waals surface area (Å²) in [5.41, 5.74) is 1.70. The van der Waals surface area contributed by atoms with Crippen molar-refractivity contribution >= 4 is 50.7 Å². The highest BCUT2D eigenvalue weighted by molar-refractivity contribution is 7.92. The molecule has 0 unspecified atom stereocenters. The molecule has 0 saturated carbocycles. The molecule has 0 spiro atoms. The van der Waals surface area contributed by atoms with Gasteiger partial charge in [-0.05, 0) is 61.7 Å². The summed E-state index contributed by atoms with van der Waals surface area (Å²) in [5, 5.41) is 3.61. The molecule has 0 radical (unpaired) electrons. The van der Waals surface area contributed by atoms with Gasteiger partial charge in [0.25, 0.3) is 10.0 Å². The molecule has 3 rings (SSSR count). The molecule has 0 aliphatic heterocycles. The summed E-state index contributed by atoms with van der Waals surface area (Å²) >= 11 is 12.5. The van der Waals surface area contributed by atoms with Gasteiger partial charge in [-0.3, -0.25) is 13.9 Å². The van der Waals surface area contributed by atoms with Crippen molar-refractivity contribution in [3.05, 3.63) is 87.9 Å². The average molecular weight is 621 g/mol. The number of hydrogen-bond acceptors (Lipinski definition) is 5. The van der Waals surface area contributed by atoms with E-state index < -0.39 is 28.5 Å². The summed E-state index contributed by atoms with van der Waals surface area (Å²) < 4.78 is 34.3. The molecule has 220 valence electrons. The van der Waals surface area contributed by atoms with Gasteiger partial charge in [0.1, 0.15) is 18.3 Å². The third-order valence-electron chi connectivity index (χ3n) is 6.52. The number of hydrogen-bond donors (Lipinski definition) is 1. The van der Waals surface area contributed by atoms with Gasteiger partial charge in [-0.25, -0.2) is 8.42 Å². The van der Waals surface area contributed by atoms with Crippen molar-refractivity contribution in [2.45, 2.75) is 51.1 Å². The van der Waals surface area contributed by atoms with Crippen LogP contribution in [0.3, 0.4) is 0 Å². The number of methoxy groups -OCH3 is 1. The third kappa shape index (κ3) is 8.15. The van der Waals surface area contributed by atoms with Gasteiger partial charge < -0.3 is 15.0 Å². The monoisotopic (exact) mass is 619 g/mol. The standard InChI is InChI=1S/C30H35Cl2N3O5S/c1-5-16-33-30(37)28(6-2)34(19-22-12-13-23(31)17-27(22)32)29(36)20-35(24-8-7-9-25(18-24)40-4)41(38,39)26-14-10-21(3)11-15-26/h7-15,17-18,28H,5-6,16,19-20H2,1-4H3,(H,33,37)/t28-/m1/s1. The fourth-order valence-electron chi connectivity index (χ4n) is 4.25. The van der Waals surface area contributed by atoms with Gasteiger partial charge in [-0.1, -0.05) is 66.9 Å². The molecule has 1 atom stereocenters. The Morgan fingerprint density at radius 3 is 2.32 bits per heavy atom. The first-order chi connectivity index (χ1) is 19.5. The third-order valence-corrected chi connectivity index (χ3v) is 8.90. The van der Waals surface area contributed by atoms with E-state index >= 15 is 0 Å². The predicted molar refractivity (Wildman–Crippen MR) is 163 cm³/mol. The number of nitrogens with one attached hydrogen (secondary N) is 1. The molecular formula is C30H35Cl2N3O5S. The largest absolute Gasteiger partial charge is 0.497 e. The second-order valence-corrected chi connectivity index (χ2v) is 12.2. The van der Waals surface area contributed by atoms with Crippen molar-refractivity contribution in [2.24, 2.45) is 0 Å². The second kappa shape index (κ2) is 14.6. The van der Waals surface area contributed by atoms with Crippen LogP contribution in [-0.2, 0) is 26.2 Å². The number of carbonyl (C=O) groups is 2. The Morgan fingerprint density at radius 1 is 1.00 bits per heavy atom. The van der Waals surface area contributed by atoms with Gasteiger partial charge in [0.2, 0.25) is 11.8 Å². The first-order valence-electron chi connectivity index (χ1n) is 13.3. The number of amides is 2. The number of aryl methyl sites for hydroxylation is 1. The van der Waals surface area contributed by atoms with Crippen LogP contribution < -0.4 is 14.4 Å². The first-order valence-corrected chi connectivity index (χ1v) is 15.5. The smallest absolute Gasteiger partial charge is 0.264 e. The molecule has 0 aromatic heterocycles. The van der Waals surface area contributed by atoms with Crippen LogP contribution in [0.5, 0.6) is 5.75 Å². The summed E-state index contributed by atoms with van der Waals surface area (Å²) in [4.78, 5) is 28.7. The quantitative estimate of drug-likeness (QED) is 0.259. The molecule has 0 aliphatic carbocycles. The maximum Gasteiger partial charge on any atom is 0.264 e. The van der Waals surface area contributed by atoms with Crippen LogP contribution in [0.4, 0.5) is 5.69 Å². The molecule has 1 N–H and O–H groups in total. The number of sulfonamides is 1. The molecule has 3 aromatic carbocycles. The van der Waals surface area contributed by atoms with Crippen LogP contribution >= 0.6 is 23.2 Å². The molecule has 8 nitrogen and oxygen atoms in total. The van der Waals surface area contributed by atoms with Crippen molar-refractivity contribution in [3.63, 3.8) is 0 Å². The Kier molecular flexibility index (Phi) is 11.5. The van der Waals surface area contributed by atoms with E-state index in [1.54, 1.807) is 61.5 Å². The molecule has 0 saturated heterocycles. The van der Waals surface area contributed by atoms with Gasteiger partial charge in [0.05, 0.1) is 17.7 Å². The van der Waals surface area contributed by atoms with Gasteiger partial charge in [0, 0.05) is 29.2 Å². The fourth-order valence-corrected chi connectivity index (χ4v) is 6.13. The van der Waals surface area contributed by atoms with E-state index in [0.717, 1.165) is 16.3 Å². The van der Waals surface area contributed by atoms with Crippen LogP contribution in [0.25, 0.3) is 0 Å². The fraction of sp³-hybridized carbons (Fsp3) is 0.333.